The van der Waals surface area contributed by atoms with Crippen LogP contribution in [0.4, 0.5) is 21.6 Å². The molecule has 100 valence electrons. The average Bonchev–Trinajstić information content (AvgIpc) is 2.36. The van der Waals surface area contributed by atoms with E-state index < -0.39 is 0 Å². The quantitative estimate of drug-likeness (QED) is 0.886. The van der Waals surface area contributed by atoms with Crippen molar-refractivity contribution in [3.63, 3.8) is 0 Å². The van der Waals surface area contributed by atoms with Crippen molar-refractivity contribution in [3.05, 3.63) is 42.2 Å². The van der Waals surface area contributed by atoms with Gasteiger partial charge in [-0.15, -0.1) is 0 Å². The van der Waals surface area contributed by atoms with Crippen molar-refractivity contribution in [2.45, 2.75) is 20.0 Å². The predicted octanol–water partition coefficient (Wildman–Crippen LogP) is 3.33. The fourth-order valence-electron chi connectivity index (χ4n) is 1.52. The minimum atomic E-state index is -0.278. The predicted molar refractivity (Wildman–Crippen MR) is 74.1 cm³/mol. The van der Waals surface area contributed by atoms with Crippen LogP contribution < -0.4 is 15.8 Å². The third-order valence-corrected chi connectivity index (χ3v) is 2.35. The number of aromatic nitrogens is 1. The summed E-state index contributed by atoms with van der Waals surface area (Å²) in [6.07, 6.45) is -0.00382. The number of halogens is 1. The zero-order valence-corrected chi connectivity index (χ0v) is 10.9. The molecule has 2 aromatic rings. The SMILES string of the molecule is CC(C)Oc1nc(Nc2ccc(F)cc2)ccc1N. The van der Waals surface area contributed by atoms with Crippen molar-refractivity contribution in [1.82, 2.24) is 4.98 Å². The normalized spacial score (nSPS) is 10.5. The summed E-state index contributed by atoms with van der Waals surface area (Å²) in [5.74, 6) is 0.707. The Morgan fingerprint density at radius 3 is 2.47 bits per heavy atom. The summed E-state index contributed by atoms with van der Waals surface area (Å²) in [5, 5.41) is 3.06. The molecule has 4 nitrogen and oxygen atoms in total. The van der Waals surface area contributed by atoms with Crippen molar-refractivity contribution in [1.29, 1.82) is 0 Å². The van der Waals surface area contributed by atoms with Crippen LogP contribution >= 0.6 is 0 Å². The second kappa shape index (κ2) is 5.56. The first-order valence-electron chi connectivity index (χ1n) is 6.00. The molecule has 0 fully saturated rings. The molecule has 1 heterocycles. The number of nitrogens with zero attached hydrogens (tertiary/aromatic N) is 1. The number of pyridine rings is 1. The van der Waals surface area contributed by atoms with Crippen LogP contribution in [0.5, 0.6) is 5.88 Å². The number of hydrogen-bond acceptors (Lipinski definition) is 4. The third-order valence-electron chi connectivity index (χ3n) is 2.35. The molecule has 1 aromatic heterocycles. The molecule has 0 aliphatic rings. The third kappa shape index (κ3) is 3.58. The number of hydrogen-bond donors (Lipinski definition) is 2. The zero-order valence-electron chi connectivity index (χ0n) is 10.9. The standard InChI is InChI=1S/C14H16FN3O/c1-9(2)19-14-12(16)7-8-13(18-14)17-11-5-3-10(15)4-6-11/h3-9H,16H2,1-2H3,(H,17,18). The topological polar surface area (TPSA) is 60.2 Å². The first-order chi connectivity index (χ1) is 9.04. The van der Waals surface area contributed by atoms with Gasteiger partial charge in [-0.2, -0.15) is 4.98 Å². The van der Waals surface area contributed by atoms with Crippen molar-refractivity contribution in [2.24, 2.45) is 0 Å². The van der Waals surface area contributed by atoms with E-state index in [0.29, 0.717) is 17.4 Å². The molecular weight excluding hydrogens is 245 g/mol. The highest BCUT2D eigenvalue weighted by Crippen LogP contribution is 2.24. The molecule has 2 rings (SSSR count). The smallest absolute Gasteiger partial charge is 0.239 e. The highest BCUT2D eigenvalue weighted by Gasteiger charge is 2.06. The van der Waals surface area contributed by atoms with E-state index in [2.05, 4.69) is 10.3 Å². The van der Waals surface area contributed by atoms with Crippen LogP contribution in [0.15, 0.2) is 36.4 Å². The Bertz CT molecular complexity index is 555. The first-order valence-corrected chi connectivity index (χ1v) is 6.00. The van der Waals surface area contributed by atoms with Gasteiger partial charge in [0, 0.05) is 5.69 Å². The average molecular weight is 261 g/mol. The maximum atomic E-state index is 12.8. The van der Waals surface area contributed by atoms with Gasteiger partial charge in [0.1, 0.15) is 11.6 Å². The van der Waals surface area contributed by atoms with Gasteiger partial charge in [0.15, 0.2) is 0 Å². The molecule has 19 heavy (non-hydrogen) atoms. The number of ether oxygens (including phenoxy) is 1. The second-order valence-corrected chi connectivity index (χ2v) is 4.39. The van der Waals surface area contributed by atoms with Gasteiger partial charge in [0.05, 0.1) is 11.8 Å². The maximum absolute atomic E-state index is 12.8. The number of nitrogens with one attached hydrogen (secondary N) is 1. The van der Waals surface area contributed by atoms with E-state index in [0.717, 1.165) is 5.69 Å². The van der Waals surface area contributed by atoms with E-state index in [1.165, 1.54) is 12.1 Å². The van der Waals surface area contributed by atoms with Crippen LogP contribution in [-0.2, 0) is 0 Å². The van der Waals surface area contributed by atoms with E-state index in [-0.39, 0.29) is 11.9 Å². The van der Waals surface area contributed by atoms with Gasteiger partial charge in [-0.1, -0.05) is 0 Å². The number of benzene rings is 1. The van der Waals surface area contributed by atoms with Crippen molar-refractivity contribution >= 4 is 17.2 Å². The Kier molecular flexibility index (Phi) is 3.85. The summed E-state index contributed by atoms with van der Waals surface area (Å²) < 4.78 is 18.3. The van der Waals surface area contributed by atoms with Crippen LogP contribution in [0, 0.1) is 5.82 Å². The number of nitrogens with two attached hydrogens (primary N) is 1. The lowest BCUT2D eigenvalue weighted by Crippen LogP contribution is -2.09. The molecule has 0 aliphatic heterocycles. The van der Waals surface area contributed by atoms with Gasteiger partial charge >= 0.3 is 0 Å². The summed E-state index contributed by atoms with van der Waals surface area (Å²) in [7, 11) is 0. The van der Waals surface area contributed by atoms with Crippen LogP contribution in [0.3, 0.4) is 0 Å². The van der Waals surface area contributed by atoms with Crippen LogP contribution in [-0.4, -0.2) is 11.1 Å². The molecule has 0 spiro atoms. The second-order valence-electron chi connectivity index (χ2n) is 4.39. The van der Waals surface area contributed by atoms with Gasteiger partial charge < -0.3 is 15.8 Å². The Balaban J connectivity index is 2.18. The highest BCUT2D eigenvalue weighted by molar-refractivity contribution is 5.60. The molecule has 0 bridgehead atoms. The van der Waals surface area contributed by atoms with E-state index >= 15 is 0 Å². The number of rotatable bonds is 4. The van der Waals surface area contributed by atoms with E-state index in [1.54, 1.807) is 24.3 Å². The van der Waals surface area contributed by atoms with Gasteiger partial charge in [-0.25, -0.2) is 4.39 Å². The fourth-order valence-corrected chi connectivity index (χ4v) is 1.52. The van der Waals surface area contributed by atoms with E-state index in [9.17, 15) is 4.39 Å². The number of anilines is 3. The zero-order chi connectivity index (χ0) is 13.8. The number of nitrogen functional groups attached to an aromatic ring is 1. The Morgan fingerprint density at radius 1 is 1.16 bits per heavy atom. The lowest BCUT2D eigenvalue weighted by molar-refractivity contribution is 0.234. The first kappa shape index (κ1) is 13.1. The van der Waals surface area contributed by atoms with Crippen molar-refractivity contribution < 1.29 is 9.13 Å². The molecule has 0 aliphatic carbocycles. The molecule has 5 heteroatoms. The van der Waals surface area contributed by atoms with Gasteiger partial charge in [-0.05, 0) is 50.2 Å². The summed E-state index contributed by atoms with van der Waals surface area (Å²) in [5.41, 5.74) is 7.02. The van der Waals surface area contributed by atoms with Crippen molar-refractivity contribution in [2.75, 3.05) is 11.1 Å². The summed E-state index contributed by atoms with van der Waals surface area (Å²) in [6.45, 7) is 3.81. The maximum Gasteiger partial charge on any atom is 0.239 e. The molecule has 1 aromatic carbocycles. The largest absolute Gasteiger partial charge is 0.473 e. The summed E-state index contributed by atoms with van der Waals surface area (Å²) in [6, 6.07) is 9.49. The Morgan fingerprint density at radius 2 is 1.84 bits per heavy atom. The minimum absolute atomic E-state index is 0.00382. The van der Waals surface area contributed by atoms with E-state index in [4.69, 9.17) is 10.5 Å². The lowest BCUT2D eigenvalue weighted by atomic mass is 10.3. The Hall–Kier alpha value is -2.30. The molecule has 0 atom stereocenters. The molecule has 0 saturated carbocycles. The van der Waals surface area contributed by atoms with Crippen molar-refractivity contribution in [3.8, 4) is 5.88 Å². The molecule has 0 saturated heterocycles. The highest BCUT2D eigenvalue weighted by atomic mass is 19.1. The van der Waals surface area contributed by atoms with E-state index in [1.807, 2.05) is 13.8 Å². The molecular formula is C14H16FN3O. The van der Waals surface area contributed by atoms with Crippen LogP contribution in [0.1, 0.15) is 13.8 Å². The lowest BCUT2D eigenvalue weighted by Gasteiger charge is -2.13. The fraction of sp³-hybridized carbons (Fsp3) is 0.214. The van der Waals surface area contributed by atoms with Gasteiger partial charge in [0.25, 0.3) is 0 Å². The van der Waals surface area contributed by atoms with Gasteiger partial charge in [0.2, 0.25) is 5.88 Å². The van der Waals surface area contributed by atoms with Gasteiger partial charge in [-0.3, -0.25) is 0 Å². The molecule has 0 radical (unpaired) electrons. The summed E-state index contributed by atoms with van der Waals surface area (Å²) >= 11 is 0. The van der Waals surface area contributed by atoms with Crippen LogP contribution in [0.2, 0.25) is 0 Å². The summed E-state index contributed by atoms with van der Waals surface area (Å²) in [4.78, 5) is 4.28. The molecule has 0 unspecified atom stereocenters. The molecule has 3 N–H and O–H groups in total. The van der Waals surface area contributed by atoms with Crippen LogP contribution in [0.25, 0.3) is 0 Å². The minimum Gasteiger partial charge on any atom is -0.473 e. The monoisotopic (exact) mass is 261 g/mol. The Labute approximate surface area is 111 Å². The molecule has 0 amide bonds.